The number of hydrogen-bond donors (Lipinski definition) is 0. The minimum Gasteiger partial charge on any atom is -1.00 e. The Kier molecular flexibility index (Phi) is 23.2. The fourth-order valence-electron chi connectivity index (χ4n) is 4.42. The number of nitrogens with zero attached hydrogens (tertiary/aromatic N) is 3. The fraction of sp³-hybridized carbons (Fsp3) is 0.306. The number of aromatic nitrogens is 2. The first-order valence-corrected chi connectivity index (χ1v) is 16.7. The van der Waals surface area contributed by atoms with Crippen molar-refractivity contribution < 1.29 is 44.4 Å². The van der Waals surface area contributed by atoms with Gasteiger partial charge in [-0.2, -0.15) is 13.8 Å². The Bertz CT molecular complexity index is 1810. The fourth-order valence-corrected chi connectivity index (χ4v) is 5.47. The van der Waals surface area contributed by atoms with E-state index in [1.807, 2.05) is 34.1 Å². The molecule has 4 aromatic rings. The van der Waals surface area contributed by atoms with Crippen LogP contribution in [0.15, 0.2) is 48.5 Å². The van der Waals surface area contributed by atoms with Crippen molar-refractivity contribution in [3.8, 4) is 22.3 Å². The molecule has 0 unspecified atom stereocenters. The Balaban J connectivity index is 0.000000898. The molecule has 0 bridgehead atoms. The number of pyridine rings is 2. The standard InChI is InChI=1S/C17H15Cl2F2NO.C16H14Cl2F2N2O2.C3H7.ClH.Mg/c1-9(2)15(23)6-5-12-13(8-16(18)22-17(12)19)11-4-3-10(20)7-14(11)21;1-22(24-2)15(23)6-5-11-12(8-14(17)21-16(11)18)10-4-3-9(19)7-13(10)20;1-3-2;;/h3-4,7-9H,5-6H2,1-2H3;3-4,7-8H,5-6H2,1-2H3;3H,1-2H3;1H;/q;;-1;;+2/p-1. The van der Waals surface area contributed by atoms with Crippen molar-refractivity contribution in [2.75, 3.05) is 14.2 Å². The van der Waals surface area contributed by atoms with E-state index in [-0.39, 0.29) is 104 Å². The Morgan fingerprint density at radius 1 is 0.750 bits per heavy atom. The smallest absolute Gasteiger partial charge is 1.00 e. The molecular weight excluding hydrogens is 800 g/mol. The van der Waals surface area contributed by atoms with Gasteiger partial charge in [0.2, 0.25) is 5.91 Å². The van der Waals surface area contributed by atoms with E-state index in [2.05, 4.69) is 9.97 Å². The molecule has 0 aliphatic carbocycles. The molecule has 278 valence electrons. The Labute approximate surface area is 344 Å². The van der Waals surface area contributed by atoms with Gasteiger partial charge in [-0.25, -0.2) is 32.6 Å². The summed E-state index contributed by atoms with van der Waals surface area (Å²) in [4.78, 5) is 36.4. The molecule has 0 atom stereocenters. The van der Waals surface area contributed by atoms with Gasteiger partial charge < -0.3 is 18.8 Å². The largest absolute Gasteiger partial charge is 2.00 e. The number of benzene rings is 2. The maximum Gasteiger partial charge on any atom is 2.00 e. The molecule has 0 saturated heterocycles. The molecule has 0 radical (unpaired) electrons. The van der Waals surface area contributed by atoms with Gasteiger partial charge in [-0.05, 0) is 71.5 Å². The van der Waals surface area contributed by atoms with Crippen LogP contribution < -0.4 is 12.4 Å². The van der Waals surface area contributed by atoms with Crippen LogP contribution in [0.25, 0.3) is 22.3 Å². The maximum absolute atomic E-state index is 14.1. The SMILES string of the molecule is CC(C)C(=O)CCc1c(-c2ccc(F)cc2F)cc(Cl)nc1Cl.CON(C)C(=O)CCc1c(-c2ccc(F)cc2F)cc(Cl)nc1Cl.C[CH-]C.[Cl-].[Mg+2]. The van der Waals surface area contributed by atoms with Gasteiger partial charge in [-0.1, -0.05) is 60.3 Å². The van der Waals surface area contributed by atoms with Crippen LogP contribution in [0, 0.1) is 35.6 Å². The average Bonchev–Trinajstić information content (AvgIpc) is 3.03. The van der Waals surface area contributed by atoms with Crippen molar-refractivity contribution in [3.63, 3.8) is 0 Å². The molecular formula is C36H36Cl5F4MgN3O3. The summed E-state index contributed by atoms with van der Waals surface area (Å²) in [6.07, 6.45) is 2.84. The number of Topliss-reactive ketones (excluding diaryl/α,β-unsaturated/α-hetero) is 1. The van der Waals surface area contributed by atoms with E-state index < -0.39 is 23.3 Å². The summed E-state index contributed by atoms with van der Waals surface area (Å²) in [6, 6.07) is 9.37. The number of hydroxylamine groups is 2. The van der Waals surface area contributed by atoms with Gasteiger partial charge in [-0.15, -0.1) is 0 Å². The normalized spacial score (nSPS) is 10.2. The summed E-state index contributed by atoms with van der Waals surface area (Å²) in [5.74, 6) is -3.15. The minimum atomic E-state index is -0.755. The van der Waals surface area contributed by atoms with Crippen molar-refractivity contribution in [3.05, 3.63) is 110 Å². The van der Waals surface area contributed by atoms with Crippen molar-refractivity contribution in [1.29, 1.82) is 0 Å². The van der Waals surface area contributed by atoms with Crippen LogP contribution in [0.4, 0.5) is 17.6 Å². The van der Waals surface area contributed by atoms with Crippen molar-refractivity contribution >= 4 is 81.1 Å². The van der Waals surface area contributed by atoms with Crippen LogP contribution in [0.3, 0.4) is 0 Å². The molecule has 6 nitrogen and oxygen atoms in total. The molecule has 0 saturated carbocycles. The van der Waals surface area contributed by atoms with Gasteiger partial charge in [0, 0.05) is 49.1 Å². The topological polar surface area (TPSA) is 72.4 Å². The second-order valence-electron chi connectivity index (χ2n) is 11.0. The quantitative estimate of drug-likeness (QED) is 0.0541. The minimum absolute atomic E-state index is 0. The molecule has 52 heavy (non-hydrogen) atoms. The van der Waals surface area contributed by atoms with Gasteiger partial charge in [0.1, 0.15) is 49.7 Å². The molecule has 0 N–H and O–H groups in total. The van der Waals surface area contributed by atoms with Gasteiger partial charge >= 0.3 is 23.1 Å². The predicted octanol–water partition coefficient (Wildman–Crippen LogP) is 7.63. The van der Waals surface area contributed by atoms with E-state index in [1.165, 1.54) is 38.4 Å². The Hall–Kier alpha value is -2.22. The van der Waals surface area contributed by atoms with Gasteiger partial charge in [0.15, 0.2) is 0 Å². The van der Waals surface area contributed by atoms with Gasteiger partial charge in [0.05, 0.1) is 7.11 Å². The number of ketones is 1. The zero-order chi connectivity index (χ0) is 37.7. The Morgan fingerprint density at radius 3 is 1.48 bits per heavy atom. The van der Waals surface area contributed by atoms with E-state index >= 15 is 0 Å². The summed E-state index contributed by atoms with van der Waals surface area (Å²) >= 11 is 24.1. The zero-order valence-electron chi connectivity index (χ0n) is 29.3. The zero-order valence-corrected chi connectivity index (χ0v) is 34.5. The van der Waals surface area contributed by atoms with E-state index in [4.69, 9.17) is 51.2 Å². The third kappa shape index (κ3) is 14.9. The summed E-state index contributed by atoms with van der Waals surface area (Å²) in [7, 11) is 2.85. The number of carbonyl (C=O) groups is 2. The number of carbonyl (C=O) groups excluding carboxylic acids is 2. The van der Waals surface area contributed by atoms with Crippen LogP contribution in [-0.2, 0) is 27.3 Å². The van der Waals surface area contributed by atoms with E-state index in [9.17, 15) is 27.2 Å². The monoisotopic (exact) mass is 833 g/mol. The van der Waals surface area contributed by atoms with Crippen molar-refractivity contribution in [2.24, 2.45) is 5.92 Å². The molecule has 0 aliphatic rings. The molecule has 0 aliphatic heterocycles. The number of amides is 1. The molecule has 1 amide bonds. The van der Waals surface area contributed by atoms with E-state index in [1.54, 1.807) is 0 Å². The molecule has 16 heteroatoms. The number of hydrogen-bond acceptors (Lipinski definition) is 5. The summed E-state index contributed by atoms with van der Waals surface area (Å²) in [5, 5.41) is 1.44. The molecule has 4 rings (SSSR count). The Morgan fingerprint density at radius 2 is 1.13 bits per heavy atom. The van der Waals surface area contributed by atoms with Crippen LogP contribution in [-0.4, -0.2) is 63.9 Å². The van der Waals surface area contributed by atoms with Crippen LogP contribution in [0.2, 0.25) is 20.6 Å². The third-order valence-electron chi connectivity index (χ3n) is 7.01. The van der Waals surface area contributed by atoms with Crippen LogP contribution in [0.5, 0.6) is 0 Å². The molecule has 2 heterocycles. The van der Waals surface area contributed by atoms with Crippen molar-refractivity contribution in [2.45, 2.75) is 53.4 Å². The first-order chi connectivity index (χ1) is 23.5. The third-order valence-corrected chi connectivity index (χ3v) is 8.02. The van der Waals surface area contributed by atoms with Gasteiger partial charge in [-0.3, -0.25) is 14.4 Å². The first kappa shape index (κ1) is 49.8. The molecule has 2 aromatic heterocycles. The average molecular weight is 836 g/mol. The van der Waals surface area contributed by atoms with Crippen molar-refractivity contribution in [1.82, 2.24) is 15.0 Å². The number of rotatable bonds is 10. The summed E-state index contributed by atoms with van der Waals surface area (Å²) < 4.78 is 54.5. The number of halogens is 9. The first-order valence-electron chi connectivity index (χ1n) is 15.2. The van der Waals surface area contributed by atoms with Crippen LogP contribution >= 0.6 is 46.4 Å². The van der Waals surface area contributed by atoms with E-state index in [0.717, 1.165) is 29.3 Å². The van der Waals surface area contributed by atoms with Gasteiger partial charge in [0.25, 0.3) is 0 Å². The second-order valence-corrected chi connectivity index (χ2v) is 12.5. The summed E-state index contributed by atoms with van der Waals surface area (Å²) in [6.45, 7) is 7.62. The van der Waals surface area contributed by atoms with Crippen LogP contribution in [0.1, 0.15) is 51.7 Å². The molecule has 0 spiro atoms. The molecule has 2 aromatic carbocycles. The van der Waals surface area contributed by atoms with E-state index in [0.29, 0.717) is 28.7 Å². The predicted molar refractivity (Wildman–Crippen MR) is 197 cm³/mol. The summed E-state index contributed by atoms with van der Waals surface area (Å²) in [5.41, 5.74) is 2.06. The maximum atomic E-state index is 14.1. The second kappa shape index (κ2) is 24.2. The molecule has 0 fully saturated rings.